The van der Waals surface area contributed by atoms with Gasteiger partial charge < -0.3 is 9.90 Å². The van der Waals surface area contributed by atoms with Crippen molar-refractivity contribution in [2.45, 2.75) is 33.2 Å². The first-order valence-corrected chi connectivity index (χ1v) is 5.82. The molecule has 2 atom stereocenters. The maximum absolute atomic E-state index is 10.5. The molecule has 3 nitrogen and oxygen atoms in total. The van der Waals surface area contributed by atoms with Crippen LogP contribution in [0.5, 0.6) is 0 Å². The smallest absolute Gasteiger partial charge is 0.548 e. The van der Waals surface area contributed by atoms with Gasteiger partial charge in [-0.25, -0.2) is 0 Å². The van der Waals surface area contributed by atoms with Gasteiger partial charge in [0.25, 0.3) is 0 Å². The number of carboxylic acids is 1. The van der Waals surface area contributed by atoms with E-state index < -0.39 is 12.0 Å². The molecular weight excluding hydrogens is 237 g/mol. The molecule has 0 aliphatic heterocycles. The number of benzene rings is 1. The van der Waals surface area contributed by atoms with Crippen LogP contribution >= 0.6 is 0 Å². The summed E-state index contributed by atoms with van der Waals surface area (Å²) in [7, 11) is 0. The van der Waals surface area contributed by atoms with Crippen LogP contribution in [-0.4, -0.2) is 18.2 Å². The largest absolute Gasteiger partial charge is 1.00 e. The first-order chi connectivity index (χ1) is 8.13. The summed E-state index contributed by atoms with van der Waals surface area (Å²) in [6.45, 7) is 5.50. The number of carboxylic acid groups (broad SMARTS) is 1. The predicted molar refractivity (Wildman–Crippen MR) is 68.9 cm³/mol. The zero-order chi connectivity index (χ0) is 13.1. The zero-order valence-electron chi connectivity index (χ0n) is 11.7. The van der Waals surface area contributed by atoms with E-state index in [0.29, 0.717) is 0 Å². The standard InChI is InChI=1S/C8H15NO2.C6H6.Na/c1-4-6(3)7(8(10)11)9-5-2;1-2-4-6-5-3-1;/h5-7H,4H2,1-3H3,(H,10,11);1-6H;/q;;+1/p-1. The number of carbonyl (C=O) groups is 1. The van der Waals surface area contributed by atoms with Crippen LogP contribution in [0.3, 0.4) is 0 Å². The molecule has 0 saturated carbocycles. The van der Waals surface area contributed by atoms with E-state index in [4.69, 9.17) is 0 Å². The van der Waals surface area contributed by atoms with Crippen molar-refractivity contribution in [2.75, 3.05) is 0 Å². The van der Waals surface area contributed by atoms with Gasteiger partial charge in [-0.05, 0) is 19.1 Å². The van der Waals surface area contributed by atoms with Crippen LogP contribution in [0.2, 0.25) is 0 Å². The maximum Gasteiger partial charge on any atom is 1.00 e. The van der Waals surface area contributed by atoms with Crippen LogP contribution in [0.25, 0.3) is 0 Å². The molecule has 0 spiro atoms. The van der Waals surface area contributed by atoms with Crippen LogP contribution in [0.4, 0.5) is 0 Å². The molecule has 94 valence electrons. The first-order valence-electron chi connectivity index (χ1n) is 5.82. The number of rotatable bonds is 4. The topological polar surface area (TPSA) is 52.5 Å². The van der Waals surface area contributed by atoms with E-state index in [9.17, 15) is 9.90 Å². The monoisotopic (exact) mass is 257 g/mol. The number of aliphatic carboxylic acids is 1. The van der Waals surface area contributed by atoms with Crippen LogP contribution in [-0.2, 0) is 4.79 Å². The predicted octanol–water partition coefficient (Wildman–Crippen LogP) is -1.07. The van der Waals surface area contributed by atoms with E-state index in [0.717, 1.165) is 6.42 Å². The first kappa shape index (κ1) is 19.7. The molecule has 18 heavy (non-hydrogen) atoms. The average molecular weight is 257 g/mol. The third-order valence-electron chi connectivity index (χ3n) is 2.40. The van der Waals surface area contributed by atoms with Crippen molar-refractivity contribution >= 4 is 12.2 Å². The third-order valence-corrected chi connectivity index (χ3v) is 2.40. The fourth-order valence-corrected chi connectivity index (χ4v) is 1.21. The van der Waals surface area contributed by atoms with Gasteiger partial charge in [-0.3, -0.25) is 4.99 Å². The summed E-state index contributed by atoms with van der Waals surface area (Å²) in [6.07, 6.45) is 2.31. The van der Waals surface area contributed by atoms with Crippen molar-refractivity contribution < 1.29 is 39.5 Å². The molecule has 4 heteroatoms. The van der Waals surface area contributed by atoms with Crippen molar-refractivity contribution in [3.05, 3.63) is 36.4 Å². The van der Waals surface area contributed by atoms with Gasteiger partial charge in [-0.15, -0.1) is 0 Å². The van der Waals surface area contributed by atoms with Gasteiger partial charge in [0.05, 0.1) is 12.0 Å². The van der Waals surface area contributed by atoms with Crippen LogP contribution in [0, 0.1) is 5.92 Å². The molecule has 0 amide bonds. The third kappa shape index (κ3) is 9.40. The van der Waals surface area contributed by atoms with Crippen molar-refractivity contribution in [3.63, 3.8) is 0 Å². The minimum absolute atomic E-state index is 0. The Morgan fingerprint density at radius 1 is 1.22 bits per heavy atom. The summed E-state index contributed by atoms with van der Waals surface area (Å²) < 4.78 is 0. The van der Waals surface area contributed by atoms with Gasteiger partial charge in [0.2, 0.25) is 0 Å². The molecule has 0 heterocycles. The number of hydrogen-bond donors (Lipinski definition) is 0. The molecular formula is C14H20NNaO2. The van der Waals surface area contributed by atoms with Crippen molar-refractivity contribution in [2.24, 2.45) is 10.9 Å². The zero-order valence-corrected chi connectivity index (χ0v) is 13.7. The molecule has 0 aliphatic rings. The van der Waals surface area contributed by atoms with Crippen molar-refractivity contribution in [1.82, 2.24) is 0 Å². The molecule has 0 aromatic heterocycles. The molecule has 0 fully saturated rings. The Labute approximate surface area is 132 Å². The Bertz CT molecular complexity index is 301. The number of carbonyl (C=O) groups excluding carboxylic acids is 1. The van der Waals surface area contributed by atoms with E-state index >= 15 is 0 Å². The molecule has 0 saturated heterocycles. The van der Waals surface area contributed by atoms with Crippen LogP contribution in [0.1, 0.15) is 27.2 Å². The Hall–Kier alpha value is -0.640. The van der Waals surface area contributed by atoms with Gasteiger partial charge >= 0.3 is 29.6 Å². The van der Waals surface area contributed by atoms with Gasteiger partial charge in [0.15, 0.2) is 0 Å². The molecule has 0 bridgehead atoms. The van der Waals surface area contributed by atoms with E-state index in [1.165, 1.54) is 6.21 Å². The van der Waals surface area contributed by atoms with E-state index in [-0.39, 0.29) is 35.5 Å². The minimum atomic E-state index is -1.09. The Morgan fingerprint density at radius 3 is 1.83 bits per heavy atom. The van der Waals surface area contributed by atoms with Crippen LogP contribution in [0.15, 0.2) is 41.4 Å². The van der Waals surface area contributed by atoms with Gasteiger partial charge in [0, 0.05) is 0 Å². The molecule has 0 N–H and O–H groups in total. The SMILES string of the molecule is CC=NC(C(=O)[O-])C(C)CC.[Na+].c1ccccc1. The summed E-state index contributed by atoms with van der Waals surface area (Å²) in [5.41, 5.74) is 0. The van der Waals surface area contributed by atoms with E-state index in [1.807, 2.05) is 50.2 Å². The fourth-order valence-electron chi connectivity index (χ4n) is 1.21. The van der Waals surface area contributed by atoms with Crippen molar-refractivity contribution in [3.8, 4) is 0 Å². The average Bonchev–Trinajstić information content (AvgIpc) is 2.37. The van der Waals surface area contributed by atoms with Crippen molar-refractivity contribution in [1.29, 1.82) is 0 Å². The summed E-state index contributed by atoms with van der Waals surface area (Å²) >= 11 is 0. The number of nitrogens with zero attached hydrogens (tertiary/aromatic N) is 1. The van der Waals surface area contributed by atoms with Gasteiger partial charge in [-0.2, -0.15) is 0 Å². The molecule has 1 rings (SSSR count). The second-order valence-electron chi connectivity index (χ2n) is 3.71. The molecule has 1 aromatic rings. The molecule has 1 aromatic carbocycles. The Morgan fingerprint density at radius 2 is 1.61 bits per heavy atom. The molecule has 2 unspecified atom stereocenters. The normalized spacial score (nSPS) is 12.8. The number of aliphatic imine (C=N–C) groups is 1. The van der Waals surface area contributed by atoms with Gasteiger partial charge in [-0.1, -0.05) is 56.7 Å². The summed E-state index contributed by atoms with van der Waals surface area (Å²) in [5, 5.41) is 10.5. The minimum Gasteiger partial charge on any atom is -0.548 e. The molecule has 0 radical (unpaired) electrons. The molecule has 0 aliphatic carbocycles. The van der Waals surface area contributed by atoms with E-state index in [2.05, 4.69) is 4.99 Å². The summed E-state index contributed by atoms with van der Waals surface area (Å²) in [6, 6.07) is 11.3. The second-order valence-corrected chi connectivity index (χ2v) is 3.71. The van der Waals surface area contributed by atoms with E-state index in [1.54, 1.807) is 6.92 Å². The Kier molecular flexibility index (Phi) is 14.0. The second kappa shape index (κ2) is 12.8. The number of hydrogen-bond acceptors (Lipinski definition) is 3. The summed E-state index contributed by atoms with van der Waals surface area (Å²) in [5.74, 6) is -1.03. The maximum atomic E-state index is 10.5. The quantitative estimate of drug-likeness (QED) is 0.509. The summed E-state index contributed by atoms with van der Waals surface area (Å²) in [4.78, 5) is 14.3. The van der Waals surface area contributed by atoms with Crippen LogP contribution < -0.4 is 34.7 Å². The fraction of sp³-hybridized carbons (Fsp3) is 0.429. The Balaban J connectivity index is 0. The van der Waals surface area contributed by atoms with Gasteiger partial charge in [0.1, 0.15) is 0 Å².